The first-order valence-electron chi connectivity index (χ1n) is 7.62. The number of carboxylic acid groups (broad SMARTS) is 1. The van der Waals surface area contributed by atoms with Crippen LogP contribution in [-0.2, 0) is 19.1 Å². The van der Waals surface area contributed by atoms with E-state index in [1.165, 1.54) is 0 Å². The number of carbonyl (C=O) groups excluding carboxylic acids is 2. The lowest BCUT2D eigenvalue weighted by Crippen LogP contribution is -2.45. The van der Waals surface area contributed by atoms with Crippen molar-refractivity contribution in [3.63, 3.8) is 0 Å². The number of carbonyl (C=O) groups is 3. The molecule has 0 spiro atoms. The largest absolute Gasteiger partial charge is 0.480 e. The van der Waals surface area contributed by atoms with Crippen molar-refractivity contribution < 1.29 is 29.0 Å². The van der Waals surface area contributed by atoms with Crippen LogP contribution >= 0.6 is 0 Å². The minimum atomic E-state index is -1.06. The van der Waals surface area contributed by atoms with E-state index >= 15 is 0 Å². The Hall–Kier alpha value is -2.61. The quantitative estimate of drug-likeness (QED) is 0.666. The summed E-state index contributed by atoms with van der Waals surface area (Å²) < 4.78 is 10.4. The van der Waals surface area contributed by atoms with Crippen molar-refractivity contribution in [2.45, 2.75) is 19.4 Å². The van der Waals surface area contributed by atoms with Crippen molar-refractivity contribution in [2.24, 2.45) is 0 Å². The van der Waals surface area contributed by atoms with E-state index in [9.17, 15) is 14.4 Å². The molecule has 1 heterocycles. The molecule has 1 unspecified atom stereocenters. The Labute approximate surface area is 139 Å². The summed E-state index contributed by atoms with van der Waals surface area (Å²) in [6.45, 7) is 1.86. The van der Waals surface area contributed by atoms with Gasteiger partial charge in [-0.2, -0.15) is 0 Å². The zero-order valence-electron chi connectivity index (χ0n) is 13.4. The number of nitrogens with one attached hydrogen (secondary N) is 1. The number of nitrogens with zero attached hydrogens (tertiary/aromatic N) is 1. The van der Waals surface area contributed by atoms with E-state index in [1.54, 1.807) is 30.0 Å². The van der Waals surface area contributed by atoms with Crippen molar-refractivity contribution in [3.05, 3.63) is 24.3 Å². The molecule has 1 aromatic rings. The molecule has 1 aromatic carbocycles. The fourth-order valence-corrected chi connectivity index (χ4v) is 2.31. The average molecular weight is 336 g/mol. The molecular formula is C16H20N2O6. The van der Waals surface area contributed by atoms with Gasteiger partial charge in [0, 0.05) is 19.5 Å². The highest BCUT2D eigenvalue weighted by Gasteiger charge is 2.31. The third-order valence-corrected chi connectivity index (χ3v) is 3.43. The van der Waals surface area contributed by atoms with Crippen LogP contribution in [-0.4, -0.2) is 55.3 Å². The highest BCUT2D eigenvalue weighted by atomic mass is 16.5. The topological polar surface area (TPSA) is 105 Å². The molecule has 1 aliphatic heterocycles. The molecule has 2 rings (SSSR count). The number of carboxylic acids is 1. The third-order valence-electron chi connectivity index (χ3n) is 3.43. The number of benzene rings is 1. The monoisotopic (exact) mass is 336 g/mol. The van der Waals surface area contributed by atoms with Crippen LogP contribution in [0.3, 0.4) is 0 Å². The van der Waals surface area contributed by atoms with Crippen LogP contribution < -0.4 is 15.0 Å². The molecule has 24 heavy (non-hydrogen) atoms. The van der Waals surface area contributed by atoms with Crippen LogP contribution in [0.15, 0.2) is 24.3 Å². The number of amides is 2. The molecule has 0 bridgehead atoms. The van der Waals surface area contributed by atoms with Crippen LogP contribution in [0, 0.1) is 0 Å². The Morgan fingerprint density at radius 2 is 2.12 bits per heavy atom. The third kappa shape index (κ3) is 4.69. The molecular weight excluding hydrogens is 316 g/mol. The molecule has 2 amide bonds. The van der Waals surface area contributed by atoms with Gasteiger partial charge in [-0.3, -0.25) is 9.59 Å². The minimum Gasteiger partial charge on any atom is -0.480 e. The number of para-hydroxylation sites is 2. The highest BCUT2D eigenvalue weighted by Crippen LogP contribution is 2.33. The van der Waals surface area contributed by atoms with Crippen molar-refractivity contribution in [1.29, 1.82) is 0 Å². The maximum absolute atomic E-state index is 12.3. The number of anilines is 1. The molecule has 0 saturated carbocycles. The second kappa shape index (κ2) is 8.30. The zero-order valence-corrected chi connectivity index (χ0v) is 13.4. The molecule has 1 aliphatic rings. The summed E-state index contributed by atoms with van der Waals surface area (Å²) in [6, 6.07) is 7.18. The summed E-state index contributed by atoms with van der Waals surface area (Å²) in [7, 11) is 0. The Balaban J connectivity index is 1.81. The maximum atomic E-state index is 12.3. The van der Waals surface area contributed by atoms with Gasteiger partial charge in [0.1, 0.15) is 12.4 Å². The summed E-state index contributed by atoms with van der Waals surface area (Å²) in [5.74, 6) is -0.864. The first kappa shape index (κ1) is 17.7. The van der Waals surface area contributed by atoms with Gasteiger partial charge in [-0.05, 0) is 19.1 Å². The number of fused-ring (bicyclic) bond motifs is 1. The lowest BCUT2D eigenvalue weighted by Gasteiger charge is -2.32. The van der Waals surface area contributed by atoms with Gasteiger partial charge in [0.25, 0.3) is 5.91 Å². The predicted molar refractivity (Wildman–Crippen MR) is 85.0 cm³/mol. The minimum absolute atomic E-state index is 0.119. The van der Waals surface area contributed by atoms with Gasteiger partial charge in [0.2, 0.25) is 5.91 Å². The summed E-state index contributed by atoms with van der Waals surface area (Å²) in [5.41, 5.74) is 0.651. The molecule has 8 heteroatoms. The van der Waals surface area contributed by atoms with Gasteiger partial charge in [-0.15, -0.1) is 0 Å². The van der Waals surface area contributed by atoms with Gasteiger partial charge in [-0.1, -0.05) is 12.1 Å². The van der Waals surface area contributed by atoms with E-state index in [-0.39, 0.29) is 37.9 Å². The molecule has 130 valence electrons. The van der Waals surface area contributed by atoms with Gasteiger partial charge in [0.15, 0.2) is 6.10 Å². The normalized spacial score (nSPS) is 16.3. The van der Waals surface area contributed by atoms with Crippen LogP contribution in [0.4, 0.5) is 5.69 Å². The number of aliphatic carboxylic acids is 1. The number of ether oxygens (including phenoxy) is 2. The standard InChI is InChI=1S/C16H20N2O6/c1-11-16(22)18(12-4-2-3-5-13(12)24-11)8-6-14(19)17-7-9-23-10-15(20)21/h2-5,11H,6-10H2,1H3,(H,17,19)(H,20,21). The van der Waals surface area contributed by atoms with E-state index < -0.39 is 18.7 Å². The second-order valence-corrected chi connectivity index (χ2v) is 5.26. The van der Waals surface area contributed by atoms with Crippen molar-refractivity contribution >= 4 is 23.5 Å². The molecule has 1 atom stereocenters. The van der Waals surface area contributed by atoms with Gasteiger partial charge < -0.3 is 24.8 Å². The van der Waals surface area contributed by atoms with Crippen molar-refractivity contribution in [3.8, 4) is 5.75 Å². The lowest BCUT2D eigenvalue weighted by atomic mass is 10.1. The van der Waals surface area contributed by atoms with Crippen LogP contribution in [0.5, 0.6) is 5.75 Å². The molecule has 0 fully saturated rings. The summed E-state index contributed by atoms with van der Waals surface area (Å²) in [4.78, 5) is 35.9. The van der Waals surface area contributed by atoms with Crippen LogP contribution in [0.2, 0.25) is 0 Å². The first-order valence-corrected chi connectivity index (χ1v) is 7.62. The highest BCUT2D eigenvalue weighted by molar-refractivity contribution is 6.00. The molecule has 0 aromatic heterocycles. The smallest absolute Gasteiger partial charge is 0.329 e. The SMILES string of the molecule is CC1Oc2ccccc2N(CCC(=O)NCCOCC(=O)O)C1=O. The Morgan fingerprint density at radius 3 is 2.88 bits per heavy atom. The first-order chi connectivity index (χ1) is 11.5. The van der Waals surface area contributed by atoms with E-state index in [1.807, 2.05) is 6.07 Å². The van der Waals surface area contributed by atoms with Crippen LogP contribution in [0.25, 0.3) is 0 Å². The number of hydrogen-bond donors (Lipinski definition) is 2. The zero-order chi connectivity index (χ0) is 17.5. The second-order valence-electron chi connectivity index (χ2n) is 5.26. The molecule has 0 saturated heterocycles. The van der Waals surface area contributed by atoms with Crippen LogP contribution in [0.1, 0.15) is 13.3 Å². The van der Waals surface area contributed by atoms with Crippen molar-refractivity contribution in [2.75, 3.05) is 31.2 Å². The summed E-state index contributed by atoms with van der Waals surface area (Å²) in [5, 5.41) is 11.0. The Bertz CT molecular complexity index is 618. The fourth-order valence-electron chi connectivity index (χ4n) is 2.31. The molecule has 0 aliphatic carbocycles. The predicted octanol–water partition coefficient (Wildman–Crippen LogP) is 0.408. The molecule has 8 nitrogen and oxygen atoms in total. The fraction of sp³-hybridized carbons (Fsp3) is 0.438. The van der Waals surface area contributed by atoms with E-state index in [2.05, 4.69) is 5.32 Å². The average Bonchev–Trinajstić information content (AvgIpc) is 2.54. The molecule has 0 radical (unpaired) electrons. The van der Waals surface area contributed by atoms with E-state index in [0.717, 1.165) is 0 Å². The Morgan fingerprint density at radius 1 is 1.38 bits per heavy atom. The summed E-state index contributed by atoms with van der Waals surface area (Å²) in [6.07, 6.45) is -0.460. The number of hydrogen-bond acceptors (Lipinski definition) is 5. The lowest BCUT2D eigenvalue weighted by molar-refractivity contribution is -0.142. The number of rotatable bonds is 8. The van der Waals surface area contributed by atoms with Gasteiger partial charge in [-0.25, -0.2) is 4.79 Å². The van der Waals surface area contributed by atoms with Gasteiger partial charge in [0.05, 0.1) is 12.3 Å². The summed E-state index contributed by atoms with van der Waals surface area (Å²) >= 11 is 0. The van der Waals surface area contributed by atoms with Gasteiger partial charge >= 0.3 is 5.97 Å². The van der Waals surface area contributed by atoms with Crippen molar-refractivity contribution in [1.82, 2.24) is 5.32 Å². The maximum Gasteiger partial charge on any atom is 0.329 e. The Kier molecular flexibility index (Phi) is 6.14. The van der Waals surface area contributed by atoms with E-state index in [0.29, 0.717) is 11.4 Å². The molecule has 2 N–H and O–H groups in total. The van der Waals surface area contributed by atoms with E-state index in [4.69, 9.17) is 14.6 Å².